The van der Waals surface area contributed by atoms with Crippen LogP contribution in [0.2, 0.25) is 0 Å². The van der Waals surface area contributed by atoms with Crippen molar-refractivity contribution in [2.45, 2.75) is 141 Å². The predicted molar refractivity (Wildman–Crippen MR) is 140 cm³/mol. The van der Waals surface area contributed by atoms with Crippen molar-refractivity contribution in [2.24, 2.45) is 0 Å². The summed E-state index contributed by atoms with van der Waals surface area (Å²) in [6, 6.07) is 0. The molecule has 0 saturated heterocycles. The Kier molecular flexibility index (Phi) is 28.8. The van der Waals surface area contributed by atoms with E-state index < -0.39 is 12.2 Å². The molecular formula is C28H58O6. The summed E-state index contributed by atoms with van der Waals surface area (Å²) in [6.45, 7) is 1.43. The van der Waals surface area contributed by atoms with Gasteiger partial charge in [-0.15, -0.1) is 0 Å². The van der Waals surface area contributed by atoms with Crippen LogP contribution in [0.4, 0.5) is 0 Å². The van der Waals surface area contributed by atoms with Gasteiger partial charge < -0.3 is 29.9 Å². The fraction of sp³-hybridized carbons (Fsp3) is 1.00. The van der Waals surface area contributed by atoms with Gasteiger partial charge >= 0.3 is 0 Å². The molecule has 0 saturated carbocycles. The zero-order valence-corrected chi connectivity index (χ0v) is 22.1. The van der Waals surface area contributed by atoms with Crippen LogP contribution in [0.1, 0.15) is 128 Å². The molecule has 0 aliphatic heterocycles. The molecular weight excluding hydrogens is 432 g/mol. The molecule has 0 aliphatic rings. The summed E-state index contributed by atoms with van der Waals surface area (Å²) in [7, 11) is 0. The van der Waals surface area contributed by atoms with Gasteiger partial charge in [0.2, 0.25) is 0 Å². The first-order chi connectivity index (χ1) is 16.7. The van der Waals surface area contributed by atoms with Gasteiger partial charge in [0.05, 0.1) is 26.4 Å². The van der Waals surface area contributed by atoms with Crippen LogP contribution in [0.5, 0.6) is 0 Å². The van der Waals surface area contributed by atoms with E-state index in [2.05, 4.69) is 0 Å². The third-order valence-electron chi connectivity index (χ3n) is 6.37. The monoisotopic (exact) mass is 490 g/mol. The first-order valence-corrected chi connectivity index (χ1v) is 14.4. The van der Waals surface area contributed by atoms with Crippen molar-refractivity contribution < 1.29 is 29.9 Å². The molecule has 0 rings (SSSR count). The Labute approximate surface area is 210 Å². The number of aliphatic hydroxyl groups is 4. The van der Waals surface area contributed by atoms with Crippen LogP contribution in [0, 0.1) is 0 Å². The lowest BCUT2D eigenvalue weighted by Crippen LogP contribution is -2.19. The highest BCUT2D eigenvalue weighted by Gasteiger charge is 2.02. The molecule has 6 heteroatoms. The Bertz CT molecular complexity index is 335. The smallest absolute Gasteiger partial charge is 0.100 e. The fourth-order valence-corrected chi connectivity index (χ4v) is 4.13. The van der Waals surface area contributed by atoms with Crippen LogP contribution in [0.25, 0.3) is 0 Å². The topological polar surface area (TPSA) is 99.4 Å². The van der Waals surface area contributed by atoms with E-state index in [1.165, 1.54) is 116 Å². The molecule has 0 aromatic rings. The minimum atomic E-state index is -0.731. The molecule has 0 aromatic heterocycles. The van der Waals surface area contributed by atoms with Crippen molar-refractivity contribution in [3.05, 3.63) is 0 Å². The number of rotatable bonds is 29. The van der Waals surface area contributed by atoms with E-state index in [4.69, 9.17) is 29.9 Å². The van der Waals surface area contributed by atoms with E-state index in [0.717, 1.165) is 12.8 Å². The van der Waals surface area contributed by atoms with Gasteiger partial charge in [-0.1, -0.05) is 116 Å². The van der Waals surface area contributed by atoms with Crippen molar-refractivity contribution in [3.63, 3.8) is 0 Å². The Hall–Kier alpha value is -0.240. The van der Waals surface area contributed by atoms with Crippen LogP contribution in [-0.4, -0.2) is 72.3 Å². The second-order valence-electron chi connectivity index (χ2n) is 9.89. The Morgan fingerprint density at radius 2 is 0.559 bits per heavy atom. The molecule has 34 heavy (non-hydrogen) atoms. The molecule has 0 aliphatic carbocycles. The van der Waals surface area contributed by atoms with Crippen LogP contribution >= 0.6 is 0 Å². The number of aliphatic hydroxyl groups excluding tert-OH is 4. The van der Waals surface area contributed by atoms with E-state index in [0.29, 0.717) is 13.2 Å². The first kappa shape index (κ1) is 33.8. The second kappa shape index (κ2) is 29.0. The zero-order chi connectivity index (χ0) is 25.0. The van der Waals surface area contributed by atoms with Gasteiger partial charge in [0.25, 0.3) is 0 Å². The summed E-state index contributed by atoms with van der Waals surface area (Å²) >= 11 is 0. The van der Waals surface area contributed by atoms with Gasteiger partial charge in [0, 0.05) is 13.2 Å². The highest BCUT2D eigenvalue weighted by molar-refractivity contribution is 4.53. The van der Waals surface area contributed by atoms with Crippen molar-refractivity contribution in [1.82, 2.24) is 0 Å². The van der Waals surface area contributed by atoms with Crippen LogP contribution in [-0.2, 0) is 9.47 Å². The molecule has 0 aromatic carbocycles. The molecule has 4 N–H and O–H groups in total. The third kappa shape index (κ3) is 28.0. The number of ether oxygens (including phenoxy) is 2. The molecule has 0 radical (unpaired) electrons. The summed E-state index contributed by atoms with van der Waals surface area (Å²) in [5.41, 5.74) is 0. The lowest BCUT2D eigenvalue weighted by Gasteiger charge is -2.08. The van der Waals surface area contributed by atoms with Crippen LogP contribution in [0.15, 0.2) is 0 Å². The first-order valence-electron chi connectivity index (χ1n) is 14.4. The molecule has 6 nitrogen and oxygen atoms in total. The molecule has 2 atom stereocenters. The molecule has 0 heterocycles. The molecule has 206 valence electrons. The van der Waals surface area contributed by atoms with E-state index in [-0.39, 0.29) is 26.4 Å². The fourth-order valence-electron chi connectivity index (χ4n) is 4.13. The summed E-state index contributed by atoms with van der Waals surface area (Å²) in [4.78, 5) is 0. The summed E-state index contributed by atoms with van der Waals surface area (Å²) in [5, 5.41) is 35.7. The highest BCUT2D eigenvalue weighted by Crippen LogP contribution is 2.15. The minimum Gasteiger partial charge on any atom is -0.394 e. The molecule has 0 fully saturated rings. The average Bonchev–Trinajstić information content (AvgIpc) is 2.85. The lowest BCUT2D eigenvalue weighted by atomic mass is 10.0. The van der Waals surface area contributed by atoms with Gasteiger partial charge in [0.1, 0.15) is 12.2 Å². The maximum Gasteiger partial charge on any atom is 0.100 e. The number of unbranched alkanes of at least 4 members (excludes halogenated alkanes) is 19. The Morgan fingerprint density at radius 1 is 0.353 bits per heavy atom. The number of hydrogen-bond donors (Lipinski definition) is 4. The van der Waals surface area contributed by atoms with E-state index in [1.807, 2.05) is 0 Å². The second-order valence-corrected chi connectivity index (χ2v) is 9.89. The van der Waals surface area contributed by atoms with Crippen LogP contribution < -0.4 is 0 Å². The third-order valence-corrected chi connectivity index (χ3v) is 6.37. The van der Waals surface area contributed by atoms with E-state index >= 15 is 0 Å². The average molecular weight is 491 g/mol. The lowest BCUT2D eigenvalue weighted by molar-refractivity contribution is 0.00526. The minimum absolute atomic E-state index is 0.221. The van der Waals surface area contributed by atoms with Crippen molar-refractivity contribution in [2.75, 3.05) is 39.6 Å². The van der Waals surface area contributed by atoms with Gasteiger partial charge in [-0.3, -0.25) is 0 Å². The van der Waals surface area contributed by atoms with Gasteiger partial charge in [0.15, 0.2) is 0 Å². The van der Waals surface area contributed by atoms with Gasteiger partial charge in [-0.25, -0.2) is 0 Å². The van der Waals surface area contributed by atoms with Crippen LogP contribution in [0.3, 0.4) is 0 Å². The zero-order valence-electron chi connectivity index (χ0n) is 22.1. The summed E-state index contributed by atoms with van der Waals surface area (Å²) in [5.74, 6) is 0. The maximum atomic E-state index is 9.17. The van der Waals surface area contributed by atoms with Crippen molar-refractivity contribution >= 4 is 0 Å². The SMILES string of the molecule is OCC(O)COCCCCCCCCCCCCCCCCCCCCCCOCC(O)CO. The Balaban J connectivity index is 3.04. The number of hydrogen-bond acceptors (Lipinski definition) is 6. The van der Waals surface area contributed by atoms with Crippen molar-refractivity contribution in [1.29, 1.82) is 0 Å². The Morgan fingerprint density at radius 3 is 0.765 bits per heavy atom. The maximum absolute atomic E-state index is 9.17. The van der Waals surface area contributed by atoms with Gasteiger partial charge in [-0.2, -0.15) is 0 Å². The molecule has 2 unspecified atom stereocenters. The van der Waals surface area contributed by atoms with Gasteiger partial charge in [-0.05, 0) is 12.8 Å². The summed E-state index contributed by atoms with van der Waals surface area (Å²) < 4.78 is 10.6. The van der Waals surface area contributed by atoms with E-state index in [1.54, 1.807) is 0 Å². The largest absolute Gasteiger partial charge is 0.394 e. The quantitative estimate of drug-likeness (QED) is 0.103. The summed E-state index contributed by atoms with van der Waals surface area (Å²) in [6.07, 6.45) is 24.9. The molecule has 0 amide bonds. The standard InChI is InChI=1S/C28H58O6/c29-23-27(31)25-33-21-19-17-15-13-11-9-7-5-3-1-2-4-6-8-10-12-14-16-18-20-22-34-26-28(32)24-30/h27-32H,1-26H2. The molecule has 0 bridgehead atoms. The molecule has 0 spiro atoms. The normalized spacial score (nSPS) is 13.4. The highest BCUT2D eigenvalue weighted by atomic mass is 16.5. The van der Waals surface area contributed by atoms with Crippen molar-refractivity contribution in [3.8, 4) is 0 Å². The predicted octanol–water partition coefficient (Wildman–Crippen LogP) is 5.53. The van der Waals surface area contributed by atoms with E-state index in [9.17, 15) is 0 Å².